The van der Waals surface area contributed by atoms with Gasteiger partial charge in [0.15, 0.2) is 5.58 Å². The molecule has 0 saturated carbocycles. The number of nitrogens with zero attached hydrogens (tertiary/aromatic N) is 1. The predicted molar refractivity (Wildman–Crippen MR) is 90.0 cm³/mol. The van der Waals surface area contributed by atoms with Crippen LogP contribution in [0.25, 0.3) is 11.1 Å². The second kappa shape index (κ2) is 5.93. The van der Waals surface area contributed by atoms with Crippen molar-refractivity contribution in [2.75, 3.05) is 5.32 Å². The van der Waals surface area contributed by atoms with Crippen molar-refractivity contribution in [2.24, 2.45) is 7.05 Å². The molecule has 6 heteroatoms. The van der Waals surface area contributed by atoms with Gasteiger partial charge in [0.2, 0.25) is 5.91 Å². The first-order valence-electron chi connectivity index (χ1n) is 7.08. The molecular weight excluding hydrogens is 316 g/mol. The number of carbonyl (C=O) groups is 1. The van der Waals surface area contributed by atoms with Gasteiger partial charge >= 0.3 is 5.76 Å². The van der Waals surface area contributed by atoms with Crippen molar-refractivity contribution in [1.29, 1.82) is 0 Å². The van der Waals surface area contributed by atoms with Gasteiger partial charge in [0, 0.05) is 17.8 Å². The summed E-state index contributed by atoms with van der Waals surface area (Å²) >= 11 is 5.95. The molecule has 1 amide bonds. The number of aromatic nitrogens is 1. The van der Waals surface area contributed by atoms with Crippen LogP contribution in [-0.2, 0) is 18.3 Å². The minimum atomic E-state index is -0.420. The maximum atomic E-state index is 12.2. The lowest BCUT2D eigenvalue weighted by Gasteiger charge is -2.09. The first-order valence-corrected chi connectivity index (χ1v) is 7.46. The predicted octanol–water partition coefficient (Wildman–Crippen LogP) is 3.27. The maximum Gasteiger partial charge on any atom is 0.419 e. The van der Waals surface area contributed by atoms with Crippen LogP contribution in [-0.4, -0.2) is 10.5 Å². The van der Waals surface area contributed by atoms with Gasteiger partial charge in [-0.15, -0.1) is 0 Å². The Bertz CT molecular complexity index is 956. The molecule has 3 rings (SSSR count). The van der Waals surface area contributed by atoms with Crippen LogP contribution in [0.2, 0.25) is 5.02 Å². The monoisotopic (exact) mass is 330 g/mol. The molecule has 0 radical (unpaired) electrons. The van der Waals surface area contributed by atoms with E-state index < -0.39 is 5.76 Å². The van der Waals surface area contributed by atoms with Crippen LogP contribution in [0.5, 0.6) is 0 Å². The zero-order chi connectivity index (χ0) is 16.6. The molecule has 118 valence electrons. The molecule has 2 aromatic carbocycles. The number of oxazole rings is 1. The first-order chi connectivity index (χ1) is 10.9. The number of benzene rings is 2. The molecule has 0 aliphatic heterocycles. The van der Waals surface area contributed by atoms with Crippen molar-refractivity contribution < 1.29 is 9.21 Å². The molecule has 1 aromatic heterocycles. The smallest absolute Gasteiger partial charge is 0.408 e. The highest BCUT2D eigenvalue weighted by Crippen LogP contribution is 2.21. The number of hydrogen-bond donors (Lipinski definition) is 1. The van der Waals surface area contributed by atoms with Crippen LogP contribution in [0.4, 0.5) is 5.69 Å². The molecule has 0 saturated heterocycles. The molecule has 1 heterocycles. The summed E-state index contributed by atoms with van der Waals surface area (Å²) in [5, 5.41) is 3.42. The van der Waals surface area contributed by atoms with Crippen LogP contribution < -0.4 is 11.1 Å². The Morgan fingerprint density at radius 3 is 2.83 bits per heavy atom. The van der Waals surface area contributed by atoms with Crippen LogP contribution in [0.15, 0.2) is 45.6 Å². The average Bonchev–Trinajstić information content (AvgIpc) is 2.78. The third kappa shape index (κ3) is 3.14. The van der Waals surface area contributed by atoms with E-state index >= 15 is 0 Å². The molecule has 0 aliphatic carbocycles. The van der Waals surface area contributed by atoms with Crippen molar-refractivity contribution in [3.8, 4) is 0 Å². The number of amides is 1. The van der Waals surface area contributed by atoms with Gasteiger partial charge in [-0.3, -0.25) is 9.36 Å². The number of anilines is 1. The molecule has 0 fully saturated rings. The van der Waals surface area contributed by atoms with E-state index in [1.54, 1.807) is 37.4 Å². The van der Waals surface area contributed by atoms with Gasteiger partial charge in [0.05, 0.1) is 11.9 Å². The van der Waals surface area contributed by atoms with Crippen LogP contribution >= 0.6 is 11.6 Å². The molecule has 0 aliphatic rings. The van der Waals surface area contributed by atoms with E-state index in [1.807, 2.05) is 13.0 Å². The zero-order valence-corrected chi connectivity index (χ0v) is 13.5. The zero-order valence-electron chi connectivity index (χ0n) is 12.7. The van der Waals surface area contributed by atoms with Crippen LogP contribution in [0, 0.1) is 6.92 Å². The molecule has 1 N–H and O–H groups in total. The Hall–Kier alpha value is -2.53. The molecular formula is C17H15ClN2O3. The molecule has 3 aromatic rings. The van der Waals surface area contributed by atoms with Crippen LogP contribution in [0.1, 0.15) is 11.1 Å². The normalized spacial score (nSPS) is 10.9. The Labute approximate surface area is 137 Å². The maximum absolute atomic E-state index is 12.2. The second-order valence-corrected chi connectivity index (χ2v) is 5.85. The van der Waals surface area contributed by atoms with E-state index in [0.29, 0.717) is 21.8 Å². The fourth-order valence-corrected chi connectivity index (χ4v) is 2.56. The topological polar surface area (TPSA) is 64.2 Å². The number of halogens is 1. The van der Waals surface area contributed by atoms with Gasteiger partial charge in [-0.1, -0.05) is 23.7 Å². The van der Waals surface area contributed by atoms with Gasteiger partial charge in [-0.25, -0.2) is 4.79 Å². The number of hydrogen-bond acceptors (Lipinski definition) is 3. The molecule has 23 heavy (non-hydrogen) atoms. The fourth-order valence-electron chi connectivity index (χ4n) is 2.39. The number of aryl methyl sites for hydroxylation is 2. The van der Waals surface area contributed by atoms with Gasteiger partial charge in [0.1, 0.15) is 0 Å². The highest BCUT2D eigenvalue weighted by Gasteiger charge is 2.10. The van der Waals surface area contributed by atoms with E-state index in [1.165, 1.54) is 4.57 Å². The van der Waals surface area contributed by atoms with Gasteiger partial charge in [-0.2, -0.15) is 0 Å². The Kier molecular flexibility index (Phi) is 3.96. The quantitative estimate of drug-likeness (QED) is 0.801. The van der Waals surface area contributed by atoms with E-state index in [0.717, 1.165) is 11.1 Å². The van der Waals surface area contributed by atoms with Gasteiger partial charge in [-0.05, 0) is 42.3 Å². The van der Waals surface area contributed by atoms with E-state index in [2.05, 4.69) is 5.32 Å². The number of fused-ring (bicyclic) bond motifs is 1. The van der Waals surface area contributed by atoms with E-state index in [4.69, 9.17) is 16.0 Å². The molecule has 5 nitrogen and oxygen atoms in total. The highest BCUT2D eigenvalue weighted by molar-refractivity contribution is 6.31. The van der Waals surface area contributed by atoms with Crippen LogP contribution in [0.3, 0.4) is 0 Å². The average molecular weight is 331 g/mol. The number of carbonyl (C=O) groups excluding carboxylic acids is 1. The Morgan fingerprint density at radius 1 is 1.26 bits per heavy atom. The molecule has 0 atom stereocenters. The largest absolute Gasteiger partial charge is 0.419 e. The number of nitrogens with one attached hydrogen (secondary N) is 1. The highest BCUT2D eigenvalue weighted by atomic mass is 35.5. The lowest BCUT2D eigenvalue weighted by Crippen LogP contribution is -2.15. The lowest BCUT2D eigenvalue weighted by molar-refractivity contribution is -0.115. The minimum absolute atomic E-state index is 0.150. The third-order valence-electron chi connectivity index (χ3n) is 3.69. The standard InChI is InChI=1S/C17H15ClN2O3/c1-10-3-5-12(18)9-13(10)19-16(21)8-11-4-6-15-14(7-11)20(2)17(22)23-15/h3-7,9H,8H2,1-2H3,(H,19,21). The Balaban J connectivity index is 1.81. The molecule has 0 spiro atoms. The summed E-state index contributed by atoms with van der Waals surface area (Å²) in [6.07, 6.45) is 0.196. The number of rotatable bonds is 3. The fraction of sp³-hybridized carbons (Fsp3) is 0.176. The third-order valence-corrected chi connectivity index (χ3v) is 3.93. The molecule has 0 unspecified atom stereocenters. The van der Waals surface area contributed by atoms with E-state index in [9.17, 15) is 9.59 Å². The summed E-state index contributed by atoms with van der Waals surface area (Å²) in [4.78, 5) is 23.7. The van der Waals surface area contributed by atoms with Crippen molar-refractivity contribution in [3.05, 3.63) is 63.1 Å². The first kappa shape index (κ1) is 15.4. The SMILES string of the molecule is Cc1ccc(Cl)cc1NC(=O)Cc1ccc2oc(=O)n(C)c2c1. The summed E-state index contributed by atoms with van der Waals surface area (Å²) in [6, 6.07) is 10.6. The van der Waals surface area contributed by atoms with Crippen molar-refractivity contribution in [2.45, 2.75) is 13.3 Å². The van der Waals surface area contributed by atoms with Crippen molar-refractivity contribution in [3.63, 3.8) is 0 Å². The lowest BCUT2D eigenvalue weighted by atomic mass is 10.1. The summed E-state index contributed by atoms with van der Waals surface area (Å²) in [7, 11) is 1.63. The Morgan fingerprint density at radius 2 is 2.04 bits per heavy atom. The van der Waals surface area contributed by atoms with Gasteiger partial charge < -0.3 is 9.73 Å². The second-order valence-electron chi connectivity index (χ2n) is 5.41. The van der Waals surface area contributed by atoms with E-state index in [-0.39, 0.29) is 12.3 Å². The van der Waals surface area contributed by atoms with Gasteiger partial charge in [0.25, 0.3) is 0 Å². The summed E-state index contributed by atoms with van der Waals surface area (Å²) in [5.74, 6) is -0.570. The summed E-state index contributed by atoms with van der Waals surface area (Å²) in [5.41, 5.74) is 3.60. The minimum Gasteiger partial charge on any atom is -0.408 e. The summed E-state index contributed by atoms with van der Waals surface area (Å²) in [6.45, 7) is 1.90. The molecule has 0 bridgehead atoms. The van der Waals surface area contributed by atoms with Crippen molar-refractivity contribution >= 4 is 34.3 Å². The summed E-state index contributed by atoms with van der Waals surface area (Å²) < 4.78 is 6.49. The van der Waals surface area contributed by atoms with Crippen molar-refractivity contribution in [1.82, 2.24) is 4.57 Å².